The van der Waals surface area contributed by atoms with Gasteiger partial charge in [0.2, 0.25) is 0 Å². The van der Waals surface area contributed by atoms with E-state index in [1.807, 2.05) is 18.2 Å². The molecule has 0 unspecified atom stereocenters. The van der Waals surface area contributed by atoms with E-state index in [-0.39, 0.29) is 11.1 Å². The summed E-state index contributed by atoms with van der Waals surface area (Å²) in [5, 5.41) is 0. The third kappa shape index (κ3) is 1.58. The number of para-hydroxylation sites is 1. The maximum Gasteiger partial charge on any atom is 0.273 e. The fourth-order valence-corrected chi connectivity index (χ4v) is 1.60. The number of aromatic nitrogens is 2. The van der Waals surface area contributed by atoms with Crippen molar-refractivity contribution in [2.75, 3.05) is 0 Å². The molecule has 2 aromatic rings. The summed E-state index contributed by atoms with van der Waals surface area (Å²) in [6.07, 6.45) is 0. The Labute approximate surface area is 92.4 Å². The van der Waals surface area contributed by atoms with E-state index in [0.29, 0.717) is 11.3 Å². The second-order valence-corrected chi connectivity index (χ2v) is 3.64. The number of aryl methyl sites for hydroxylation is 1. The number of benzene rings is 1. The van der Waals surface area contributed by atoms with E-state index < -0.39 is 0 Å². The fourth-order valence-electron chi connectivity index (χ4n) is 1.60. The SMILES string of the molecule is Cc1cc(=O)n(C)n(-c2ccccc2)c1=O. The number of nitrogens with zero attached hydrogens (tertiary/aromatic N) is 2. The zero-order valence-corrected chi connectivity index (χ0v) is 9.18. The Balaban J connectivity index is 2.85. The van der Waals surface area contributed by atoms with Crippen LogP contribution in [0.4, 0.5) is 0 Å². The highest BCUT2D eigenvalue weighted by Crippen LogP contribution is 2.02. The Morgan fingerprint density at radius 3 is 2.31 bits per heavy atom. The molecule has 0 radical (unpaired) electrons. The largest absolute Gasteiger partial charge is 0.273 e. The van der Waals surface area contributed by atoms with Crippen molar-refractivity contribution in [3.63, 3.8) is 0 Å². The summed E-state index contributed by atoms with van der Waals surface area (Å²) >= 11 is 0. The number of rotatable bonds is 1. The Hall–Kier alpha value is -2.10. The third-order valence-corrected chi connectivity index (χ3v) is 2.49. The van der Waals surface area contributed by atoms with Gasteiger partial charge >= 0.3 is 0 Å². The molecule has 2 rings (SSSR count). The van der Waals surface area contributed by atoms with Crippen LogP contribution in [0.25, 0.3) is 5.69 Å². The first-order valence-corrected chi connectivity index (χ1v) is 4.96. The minimum atomic E-state index is -0.194. The van der Waals surface area contributed by atoms with Crippen molar-refractivity contribution >= 4 is 0 Å². The molecule has 0 amide bonds. The van der Waals surface area contributed by atoms with Crippen LogP contribution in [0.2, 0.25) is 0 Å². The van der Waals surface area contributed by atoms with Crippen LogP contribution in [0, 0.1) is 6.92 Å². The lowest BCUT2D eigenvalue weighted by Crippen LogP contribution is -2.36. The number of hydrogen-bond acceptors (Lipinski definition) is 2. The molecular formula is C12H12N2O2. The maximum atomic E-state index is 11.9. The van der Waals surface area contributed by atoms with Gasteiger partial charge in [-0.3, -0.25) is 9.59 Å². The Morgan fingerprint density at radius 2 is 1.69 bits per heavy atom. The molecule has 4 nitrogen and oxygen atoms in total. The molecule has 0 spiro atoms. The van der Waals surface area contributed by atoms with Crippen LogP contribution in [-0.4, -0.2) is 9.36 Å². The van der Waals surface area contributed by atoms with Crippen molar-refractivity contribution in [2.45, 2.75) is 6.92 Å². The lowest BCUT2D eigenvalue weighted by molar-refractivity contribution is 0.589. The molecule has 0 saturated heterocycles. The van der Waals surface area contributed by atoms with Crippen LogP contribution in [0.15, 0.2) is 46.0 Å². The molecule has 0 aliphatic heterocycles. The van der Waals surface area contributed by atoms with E-state index in [1.54, 1.807) is 26.1 Å². The smallest absolute Gasteiger partial charge is 0.268 e. The molecule has 1 heterocycles. The van der Waals surface area contributed by atoms with Gasteiger partial charge in [0.25, 0.3) is 11.1 Å². The van der Waals surface area contributed by atoms with Gasteiger partial charge in [0, 0.05) is 18.7 Å². The zero-order valence-electron chi connectivity index (χ0n) is 9.18. The summed E-state index contributed by atoms with van der Waals surface area (Å²) in [6, 6.07) is 10.5. The molecule has 0 aliphatic rings. The molecule has 82 valence electrons. The normalized spacial score (nSPS) is 10.4. The zero-order chi connectivity index (χ0) is 11.7. The average Bonchev–Trinajstić information content (AvgIpc) is 2.28. The van der Waals surface area contributed by atoms with Crippen molar-refractivity contribution < 1.29 is 0 Å². The number of hydrogen-bond donors (Lipinski definition) is 0. The minimum absolute atomic E-state index is 0.173. The molecule has 0 fully saturated rings. The second-order valence-electron chi connectivity index (χ2n) is 3.64. The average molecular weight is 216 g/mol. The van der Waals surface area contributed by atoms with Crippen LogP contribution in [0.1, 0.15) is 5.56 Å². The lowest BCUT2D eigenvalue weighted by Gasteiger charge is -2.11. The quantitative estimate of drug-likeness (QED) is 0.709. The van der Waals surface area contributed by atoms with Crippen molar-refractivity contribution in [1.82, 2.24) is 9.36 Å². The topological polar surface area (TPSA) is 44.0 Å². The van der Waals surface area contributed by atoms with Crippen molar-refractivity contribution in [3.05, 3.63) is 62.7 Å². The molecule has 0 bridgehead atoms. The van der Waals surface area contributed by atoms with Gasteiger partial charge < -0.3 is 0 Å². The molecule has 4 heteroatoms. The molecule has 0 saturated carbocycles. The summed E-state index contributed by atoms with van der Waals surface area (Å²) in [6.45, 7) is 1.64. The summed E-state index contributed by atoms with van der Waals surface area (Å²) in [5.74, 6) is 0. The first kappa shape index (κ1) is 10.4. The second kappa shape index (κ2) is 3.81. The maximum absolute atomic E-state index is 11.9. The highest BCUT2D eigenvalue weighted by molar-refractivity contribution is 5.30. The Morgan fingerprint density at radius 1 is 1.06 bits per heavy atom. The molecule has 16 heavy (non-hydrogen) atoms. The summed E-state index contributed by atoms with van der Waals surface area (Å²) in [7, 11) is 1.58. The van der Waals surface area contributed by atoms with Crippen LogP contribution < -0.4 is 11.1 Å². The van der Waals surface area contributed by atoms with Gasteiger partial charge in [-0.25, -0.2) is 9.36 Å². The summed E-state index contributed by atoms with van der Waals surface area (Å²) in [5.41, 5.74) is 0.775. The van der Waals surface area contributed by atoms with E-state index in [2.05, 4.69) is 0 Å². The van der Waals surface area contributed by atoms with Crippen LogP contribution >= 0.6 is 0 Å². The molecule has 1 aromatic heterocycles. The van der Waals surface area contributed by atoms with Gasteiger partial charge in [-0.15, -0.1) is 0 Å². The third-order valence-electron chi connectivity index (χ3n) is 2.49. The van der Waals surface area contributed by atoms with Crippen LogP contribution in [0.5, 0.6) is 0 Å². The van der Waals surface area contributed by atoms with E-state index in [4.69, 9.17) is 0 Å². The molecule has 1 aromatic carbocycles. The fraction of sp³-hybridized carbons (Fsp3) is 0.167. The summed E-state index contributed by atoms with van der Waals surface area (Å²) < 4.78 is 2.68. The Kier molecular flexibility index (Phi) is 2.48. The highest BCUT2D eigenvalue weighted by atomic mass is 16.2. The van der Waals surface area contributed by atoms with Gasteiger partial charge in [-0.2, -0.15) is 0 Å². The first-order chi connectivity index (χ1) is 7.61. The first-order valence-electron chi connectivity index (χ1n) is 4.96. The van der Waals surface area contributed by atoms with Gasteiger partial charge in [0.05, 0.1) is 5.69 Å². The van der Waals surface area contributed by atoms with Gasteiger partial charge in [-0.05, 0) is 19.1 Å². The van der Waals surface area contributed by atoms with E-state index in [0.717, 1.165) is 0 Å². The minimum Gasteiger partial charge on any atom is -0.268 e. The van der Waals surface area contributed by atoms with Gasteiger partial charge in [-0.1, -0.05) is 18.2 Å². The standard InChI is InChI=1S/C12H12N2O2/c1-9-8-11(15)13(2)14(12(9)16)10-6-4-3-5-7-10/h3-8H,1-2H3. The van der Waals surface area contributed by atoms with Gasteiger partial charge in [0.1, 0.15) is 0 Å². The van der Waals surface area contributed by atoms with E-state index >= 15 is 0 Å². The monoisotopic (exact) mass is 216 g/mol. The molecule has 0 atom stereocenters. The molecule has 0 aliphatic carbocycles. The van der Waals surface area contributed by atoms with Crippen molar-refractivity contribution in [3.8, 4) is 5.69 Å². The predicted molar refractivity (Wildman–Crippen MR) is 62.0 cm³/mol. The lowest BCUT2D eigenvalue weighted by atomic mass is 10.3. The van der Waals surface area contributed by atoms with Crippen molar-refractivity contribution in [1.29, 1.82) is 0 Å². The van der Waals surface area contributed by atoms with E-state index in [1.165, 1.54) is 15.4 Å². The summed E-state index contributed by atoms with van der Waals surface area (Å²) in [4.78, 5) is 23.5. The van der Waals surface area contributed by atoms with E-state index in [9.17, 15) is 9.59 Å². The highest BCUT2D eigenvalue weighted by Gasteiger charge is 2.06. The molecule has 0 N–H and O–H groups in total. The predicted octanol–water partition coefficient (Wildman–Crippen LogP) is 0.845. The van der Waals surface area contributed by atoms with Crippen molar-refractivity contribution in [2.24, 2.45) is 7.05 Å². The molecular weight excluding hydrogens is 204 g/mol. The van der Waals surface area contributed by atoms with Crippen LogP contribution in [0.3, 0.4) is 0 Å². The Bertz CT molecular complexity index is 624. The van der Waals surface area contributed by atoms with Gasteiger partial charge in [0.15, 0.2) is 0 Å². The van der Waals surface area contributed by atoms with Crippen LogP contribution in [-0.2, 0) is 7.05 Å².